The molecule has 1 aliphatic heterocycles. The van der Waals surface area contributed by atoms with Crippen molar-refractivity contribution in [3.8, 4) is 22.5 Å². The Labute approximate surface area is 235 Å². The van der Waals surface area contributed by atoms with E-state index in [1.807, 2.05) is 57.3 Å². The van der Waals surface area contributed by atoms with E-state index >= 15 is 0 Å². The van der Waals surface area contributed by atoms with E-state index in [0.29, 0.717) is 35.0 Å². The lowest BCUT2D eigenvalue weighted by Gasteiger charge is -2.20. The number of fused-ring (bicyclic) bond motifs is 2. The van der Waals surface area contributed by atoms with Gasteiger partial charge in [0.05, 0.1) is 29.2 Å². The third kappa shape index (κ3) is 3.95. The van der Waals surface area contributed by atoms with Gasteiger partial charge >= 0.3 is 5.97 Å². The largest absolute Gasteiger partial charge is 0.478 e. The Morgan fingerprint density at radius 1 is 0.903 bits per heavy atom. The first-order valence-corrected chi connectivity index (χ1v) is 12.9. The minimum atomic E-state index is -1.32. The molecule has 0 aromatic heterocycles. The molecule has 158 valence electrons. The molecule has 0 atom stereocenters. The maximum absolute atomic E-state index is 12.6. The van der Waals surface area contributed by atoms with Crippen LogP contribution in [0.25, 0.3) is 33.4 Å². The fourth-order valence-electron chi connectivity index (χ4n) is 3.25. The predicted octanol–water partition coefficient (Wildman–Crippen LogP) is 8.69. The third-order valence-corrected chi connectivity index (χ3v) is 8.81. The van der Waals surface area contributed by atoms with E-state index < -0.39 is 5.97 Å². The highest BCUT2D eigenvalue weighted by molar-refractivity contribution is 14.1. The molecule has 0 saturated heterocycles. The summed E-state index contributed by atoms with van der Waals surface area (Å²) in [5.74, 6) is -1.01. The smallest absolute Gasteiger partial charge is 0.337 e. The van der Waals surface area contributed by atoms with Crippen LogP contribution in [0.1, 0.15) is 10.4 Å². The predicted molar refractivity (Wildman–Crippen MR) is 150 cm³/mol. The first kappa shape index (κ1) is 24.1. The van der Waals surface area contributed by atoms with Crippen LogP contribution in [0.15, 0.2) is 33.5 Å². The van der Waals surface area contributed by atoms with Crippen LogP contribution in [0, 0.1) is 10.7 Å². The molecule has 2 aromatic carbocycles. The molecule has 0 unspecified atom stereocenters. The maximum atomic E-state index is 12.6. The minimum Gasteiger partial charge on any atom is -0.478 e. The number of carboxylic acids is 1. The molecular formula is C20H5Cl4I3O4. The number of hydrogen-bond donors (Lipinski definition) is 1. The van der Waals surface area contributed by atoms with Gasteiger partial charge in [0.25, 0.3) is 0 Å². The van der Waals surface area contributed by atoms with E-state index in [1.54, 1.807) is 12.1 Å². The molecule has 0 fully saturated rings. The summed E-state index contributed by atoms with van der Waals surface area (Å²) in [6, 6.07) is 7.04. The van der Waals surface area contributed by atoms with Crippen molar-refractivity contribution >= 4 is 131 Å². The van der Waals surface area contributed by atoms with Crippen LogP contribution in [0.3, 0.4) is 0 Å². The highest BCUT2D eigenvalue weighted by atomic mass is 127. The molecule has 1 aliphatic carbocycles. The Balaban J connectivity index is 2.38. The molecule has 1 heterocycles. The van der Waals surface area contributed by atoms with Crippen molar-refractivity contribution in [1.82, 2.24) is 0 Å². The lowest BCUT2D eigenvalue weighted by molar-refractivity contribution is 0.0698. The Morgan fingerprint density at radius 3 is 2.19 bits per heavy atom. The van der Waals surface area contributed by atoms with Gasteiger partial charge in [-0.2, -0.15) is 0 Å². The lowest BCUT2D eigenvalue weighted by Crippen LogP contribution is -2.12. The van der Waals surface area contributed by atoms with E-state index in [-0.39, 0.29) is 36.6 Å². The van der Waals surface area contributed by atoms with Crippen molar-refractivity contribution in [2.45, 2.75) is 0 Å². The van der Waals surface area contributed by atoms with Gasteiger partial charge in [0, 0.05) is 25.6 Å². The van der Waals surface area contributed by atoms with Gasteiger partial charge in [-0.15, -0.1) is 0 Å². The highest BCUT2D eigenvalue weighted by Gasteiger charge is 2.31. The lowest BCUT2D eigenvalue weighted by atomic mass is 9.90. The molecule has 2 aromatic rings. The van der Waals surface area contributed by atoms with Crippen molar-refractivity contribution in [3.05, 3.63) is 70.9 Å². The summed E-state index contributed by atoms with van der Waals surface area (Å²) >= 11 is 31.3. The zero-order chi connectivity index (χ0) is 22.8. The van der Waals surface area contributed by atoms with Crippen molar-refractivity contribution in [2.75, 3.05) is 0 Å². The van der Waals surface area contributed by atoms with Gasteiger partial charge in [0.2, 0.25) is 5.43 Å². The monoisotopic (exact) mass is 830 g/mol. The van der Waals surface area contributed by atoms with Crippen LogP contribution in [0.2, 0.25) is 20.1 Å². The van der Waals surface area contributed by atoms with Crippen molar-refractivity contribution < 1.29 is 14.3 Å². The molecule has 0 saturated carbocycles. The number of halogens is 7. The molecule has 1 N–H and O–H groups in total. The molecular weight excluding hydrogens is 827 g/mol. The molecule has 4 rings (SSSR count). The average Bonchev–Trinajstić information content (AvgIpc) is 2.72. The second-order valence-electron chi connectivity index (χ2n) is 6.31. The summed E-state index contributed by atoms with van der Waals surface area (Å²) in [7, 11) is 0. The Hall–Kier alpha value is -0.0500. The Kier molecular flexibility index (Phi) is 6.96. The Bertz CT molecular complexity index is 1470. The van der Waals surface area contributed by atoms with Gasteiger partial charge in [-0.3, -0.25) is 4.79 Å². The van der Waals surface area contributed by atoms with Crippen LogP contribution in [-0.4, -0.2) is 11.1 Å². The number of rotatable bonds is 2. The van der Waals surface area contributed by atoms with Crippen LogP contribution in [-0.2, 0) is 0 Å². The molecule has 0 bridgehead atoms. The SMILES string of the molecule is O=C(O)c1c(Cl)c(Cl)c(Cl)c(Cl)c1-c1c2cc(I)c(=O)c(I)c-2oc2ccc(I)cc12. The van der Waals surface area contributed by atoms with Gasteiger partial charge in [-0.05, 0) is 92.0 Å². The van der Waals surface area contributed by atoms with Crippen molar-refractivity contribution in [3.63, 3.8) is 0 Å². The van der Waals surface area contributed by atoms with Crippen molar-refractivity contribution in [2.24, 2.45) is 0 Å². The van der Waals surface area contributed by atoms with Gasteiger partial charge < -0.3 is 9.52 Å². The van der Waals surface area contributed by atoms with Gasteiger partial charge in [-0.25, -0.2) is 4.79 Å². The average molecular weight is 832 g/mol. The first-order valence-electron chi connectivity index (χ1n) is 8.18. The van der Waals surface area contributed by atoms with E-state index in [2.05, 4.69) is 22.6 Å². The quantitative estimate of drug-likeness (QED) is 0.0951. The molecule has 0 amide bonds. The second-order valence-corrected chi connectivity index (χ2v) is 11.3. The number of carbonyl (C=O) groups is 1. The van der Waals surface area contributed by atoms with E-state index in [9.17, 15) is 14.7 Å². The number of aromatic carboxylic acids is 1. The zero-order valence-electron chi connectivity index (χ0n) is 14.6. The van der Waals surface area contributed by atoms with Gasteiger partial charge in [-0.1, -0.05) is 46.4 Å². The van der Waals surface area contributed by atoms with Gasteiger partial charge in [0.1, 0.15) is 9.15 Å². The summed E-state index contributed by atoms with van der Waals surface area (Å²) in [6.45, 7) is 0. The summed E-state index contributed by atoms with van der Waals surface area (Å²) in [6.07, 6.45) is 0. The summed E-state index contributed by atoms with van der Waals surface area (Å²) in [5, 5.41) is 10.1. The van der Waals surface area contributed by atoms with Crippen LogP contribution < -0.4 is 5.43 Å². The summed E-state index contributed by atoms with van der Waals surface area (Å²) in [5.41, 5.74) is 1.01. The molecule has 31 heavy (non-hydrogen) atoms. The van der Waals surface area contributed by atoms with Gasteiger partial charge in [0.15, 0.2) is 5.76 Å². The van der Waals surface area contributed by atoms with Crippen molar-refractivity contribution in [1.29, 1.82) is 0 Å². The Morgan fingerprint density at radius 2 is 1.55 bits per heavy atom. The topological polar surface area (TPSA) is 67.5 Å². The summed E-state index contributed by atoms with van der Waals surface area (Å²) in [4.78, 5) is 24.8. The third-order valence-electron chi connectivity index (χ3n) is 4.55. The summed E-state index contributed by atoms with van der Waals surface area (Å²) < 4.78 is 7.74. The zero-order valence-corrected chi connectivity index (χ0v) is 24.1. The first-order chi connectivity index (χ1) is 14.5. The van der Waals surface area contributed by atoms with E-state index in [1.165, 1.54) is 0 Å². The molecule has 0 spiro atoms. The van der Waals surface area contributed by atoms with E-state index in [0.717, 1.165) is 3.57 Å². The molecule has 0 radical (unpaired) electrons. The molecule has 4 nitrogen and oxygen atoms in total. The highest BCUT2D eigenvalue weighted by Crippen LogP contribution is 2.51. The van der Waals surface area contributed by atoms with E-state index in [4.69, 9.17) is 50.8 Å². The maximum Gasteiger partial charge on any atom is 0.337 e. The second kappa shape index (κ2) is 8.95. The number of benzene rings is 3. The van der Waals surface area contributed by atoms with Crippen LogP contribution in [0.5, 0.6) is 0 Å². The minimum absolute atomic E-state index is 0.0580. The number of carboxylic acid groups (broad SMARTS) is 1. The number of hydrogen-bond acceptors (Lipinski definition) is 3. The normalized spacial score (nSPS) is 11.5. The fraction of sp³-hybridized carbons (Fsp3) is 0. The van der Waals surface area contributed by atoms with Crippen LogP contribution >= 0.6 is 114 Å². The molecule has 2 aliphatic rings. The van der Waals surface area contributed by atoms with Crippen LogP contribution in [0.4, 0.5) is 0 Å². The fourth-order valence-corrected chi connectivity index (χ4v) is 6.56. The standard InChI is InChI=1S/C20H5Cl4I3O4/c21-13-11(12(20(29)30)14(22)16(24)15(13)23)10-6-3-5(25)1-2-9(6)31-19-7(10)4-8(26)18(28)17(19)27/h1-4H,(H,29,30). The molecule has 11 heteroatoms.